The van der Waals surface area contributed by atoms with Gasteiger partial charge < -0.3 is 5.32 Å². The zero-order valence-corrected chi connectivity index (χ0v) is 6.52. The van der Waals surface area contributed by atoms with E-state index < -0.39 is 0 Å². The van der Waals surface area contributed by atoms with Crippen LogP contribution in [0.4, 0.5) is 0 Å². The number of pyridine rings is 1. The van der Waals surface area contributed by atoms with Crippen LogP contribution in [-0.4, -0.2) is 12.0 Å². The summed E-state index contributed by atoms with van der Waals surface area (Å²) in [6.45, 7) is 0.793. The Balaban J connectivity index is 2.81. The minimum Gasteiger partial charge on any atom is -0.316 e. The van der Waals surface area contributed by atoms with Gasteiger partial charge in [0.2, 0.25) is 0 Å². The number of nitrogens with zero attached hydrogens (tertiary/aromatic N) is 1. The summed E-state index contributed by atoms with van der Waals surface area (Å²) in [6.07, 6.45) is 3.38. The molecule has 10 heavy (non-hydrogen) atoms. The minimum atomic E-state index is 0.719. The van der Waals surface area contributed by atoms with Gasteiger partial charge in [-0.2, -0.15) is 0 Å². The summed E-state index contributed by atoms with van der Waals surface area (Å²) < 4.78 is 0. The predicted molar refractivity (Wildman–Crippen MR) is 42.0 cm³/mol. The van der Waals surface area contributed by atoms with Crippen molar-refractivity contribution in [2.45, 2.75) is 6.54 Å². The first-order valence-corrected chi connectivity index (χ1v) is 3.45. The highest BCUT2D eigenvalue weighted by atomic mass is 35.5. The van der Waals surface area contributed by atoms with Crippen molar-refractivity contribution in [3.05, 3.63) is 29.0 Å². The number of hydrogen-bond donors (Lipinski definition) is 1. The van der Waals surface area contributed by atoms with Crippen LogP contribution < -0.4 is 5.32 Å². The molecule has 3 heteroatoms. The van der Waals surface area contributed by atoms with E-state index in [0.29, 0.717) is 0 Å². The van der Waals surface area contributed by atoms with Crippen LogP contribution in [0.3, 0.4) is 0 Å². The van der Waals surface area contributed by atoms with Gasteiger partial charge in [0.05, 0.1) is 5.02 Å². The standard InChI is InChI=1S/C7H9ClN2/c1-9-4-6-2-3-10-5-7(6)8/h2-3,5,9H,4H2,1H3. The van der Waals surface area contributed by atoms with Gasteiger partial charge in [0.15, 0.2) is 0 Å². The molecule has 0 radical (unpaired) electrons. The van der Waals surface area contributed by atoms with Crippen molar-refractivity contribution in [3.8, 4) is 0 Å². The quantitative estimate of drug-likeness (QED) is 0.701. The molecule has 0 atom stereocenters. The monoisotopic (exact) mass is 156 g/mol. The van der Waals surface area contributed by atoms with Crippen LogP contribution >= 0.6 is 11.6 Å². The highest BCUT2D eigenvalue weighted by Gasteiger charge is 1.95. The number of halogens is 1. The van der Waals surface area contributed by atoms with Crippen molar-refractivity contribution >= 4 is 11.6 Å². The summed E-state index contributed by atoms with van der Waals surface area (Å²) in [6, 6.07) is 1.90. The van der Waals surface area contributed by atoms with E-state index in [0.717, 1.165) is 17.1 Å². The van der Waals surface area contributed by atoms with Gasteiger partial charge in [0.25, 0.3) is 0 Å². The average molecular weight is 157 g/mol. The van der Waals surface area contributed by atoms with Crippen molar-refractivity contribution in [1.29, 1.82) is 0 Å². The zero-order valence-electron chi connectivity index (χ0n) is 5.76. The Morgan fingerprint density at radius 1 is 1.70 bits per heavy atom. The Morgan fingerprint density at radius 3 is 3.10 bits per heavy atom. The highest BCUT2D eigenvalue weighted by Crippen LogP contribution is 2.11. The predicted octanol–water partition coefficient (Wildman–Crippen LogP) is 1.45. The molecule has 2 nitrogen and oxygen atoms in total. The molecule has 0 unspecified atom stereocenters. The molecule has 0 aliphatic rings. The van der Waals surface area contributed by atoms with Gasteiger partial charge >= 0.3 is 0 Å². The minimum absolute atomic E-state index is 0.719. The van der Waals surface area contributed by atoms with E-state index in [-0.39, 0.29) is 0 Å². The van der Waals surface area contributed by atoms with Crippen molar-refractivity contribution in [2.75, 3.05) is 7.05 Å². The Kier molecular flexibility index (Phi) is 2.66. The molecule has 0 aromatic carbocycles. The maximum absolute atomic E-state index is 5.80. The molecule has 1 heterocycles. The van der Waals surface area contributed by atoms with E-state index in [1.807, 2.05) is 13.1 Å². The average Bonchev–Trinajstić information content (AvgIpc) is 1.94. The lowest BCUT2D eigenvalue weighted by molar-refractivity contribution is 0.816. The first kappa shape index (κ1) is 7.51. The van der Waals surface area contributed by atoms with E-state index >= 15 is 0 Å². The Hall–Kier alpha value is -0.600. The third-order valence-electron chi connectivity index (χ3n) is 1.22. The Morgan fingerprint density at radius 2 is 2.50 bits per heavy atom. The lowest BCUT2D eigenvalue weighted by Crippen LogP contribution is -2.05. The number of nitrogens with one attached hydrogen (secondary N) is 1. The fraction of sp³-hybridized carbons (Fsp3) is 0.286. The largest absolute Gasteiger partial charge is 0.316 e. The summed E-state index contributed by atoms with van der Waals surface area (Å²) in [5.74, 6) is 0. The topological polar surface area (TPSA) is 24.9 Å². The molecule has 0 saturated heterocycles. The van der Waals surface area contributed by atoms with Crippen LogP contribution in [0, 0.1) is 0 Å². The Labute approximate surface area is 65.2 Å². The van der Waals surface area contributed by atoms with Gasteiger partial charge in [0.1, 0.15) is 0 Å². The molecule has 0 amide bonds. The maximum atomic E-state index is 5.80. The van der Waals surface area contributed by atoms with Crippen molar-refractivity contribution in [1.82, 2.24) is 10.3 Å². The second-order valence-corrected chi connectivity index (χ2v) is 2.40. The smallest absolute Gasteiger partial charge is 0.0634 e. The third kappa shape index (κ3) is 1.69. The van der Waals surface area contributed by atoms with E-state index in [2.05, 4.69) is 10.3 Å². The molecule has 1 aromatic heterocycles. The van der Waals surface area contributed by atoms with Crippen LogP contribution in [0.25, 0.3) is 0 Å². The van der Waals surface area contributed by atoms with E-state index in [9.17, 15) is 0 Å². The Bertz CT molecular complexity index is 213. The van der Waals surface area contributed by atoms with Crippen LogP contribution in [0.5, 0.6) is 0 Å². The van der Waals surface area contributed by atoms with Crippen molar-refractivity contribution < 1.29 is 0 Å². The SMILES string of the molecule is CNCc1ccncc1Cl. The molecule has 0 spiro atoms. The van der Waals surface area contributed by atoms with Crippen LogP contribution in [0.2, 0.25) is 5.02 Å². The first-order chi connectivity index (χ1) is 4.84. The van der Waals surface area contributed by atoms with Gasteiger partial charge in [-0.05, 0) is 18.7 Å². The third-order valence-corrected chi connectivity index (χ3v) is 1.56. The van der Waals surface area contributed by atoms with Gasteiger partial charge in [0, 0.05) is 18.9 Å². The van der Waals surface area contributed by atoms with Crippen molar-refractivity contribution in [2.24, 2.45) is 0 Å². The zero-order chi connectivity index (χ0) is 7.40. The van der Waals surface area contributed by atoms with Crippen LogP contribution in [0.1, 0.15) is 5.56 Å². The lowest BCUT2D eigenvalue weighted by Gasteiger charge is -1.99. The number of hydrogen-bond acceptors (Lipinski definition) is 2. The summed E-state index contributed by atoms with van der Waals surface area (Å²) in [7, 11) is 1.89. The number of aromatic nitrogens is 1. The van der Waals surface area contributed by atoms with E-state index in [1.54, 1.807) is 12.4 Å². The summed E-state index contributed by atoms with van der Waals surface area (Å²) in [5, 5.41) is 3.73. The van der Waals surface area contributed by atoms with Crippen LogP contribution in [0.15, 0.2) is 18.5 Å². The normalized spacial score (nSPS) is 9.80. The second-order valence-electron chi connectivity index (χ2n) is 2.00. The first-order valence-electron chi connectivity index (χ1n) is 3.07. The van der Waals surface area contributed by atoms with Gasteiger partial charge in [-0.3, -0.25) is 4.98 Å². The fourth-order valence-electron chi connectivity index (χ4n) is 0.738. The van der Waals surface area contributed by atoms with E-state index in [1.165, 1.54) is 0 Å². The fourth-order valence-corrected chi connectivity index (χ4v) is 0.924. The molecule has 0 saturated carbocycles. The summed E-state index contributed by atoms with van der Waals surface area (Å²) in [4.78, 5) is 3.87. The molecule has 1 rings (SSSR count). The molecule has 0 fully saturated rings. The molecular formula is C7H9ClN2. The van der Waals surface area contributed by atoms with Gasteiger partial charge in [-0.15, -0.1) is 0 Å². The molecule has 54 valence electrons. The van der Waals surface area contributed by atoms with E-state index in [4.69, 9.17) is 11.6 Å². The maximum Gasteiger partial charge on any atom is 0.0634 e. The van der Waals surface area contributed by atoms with Gasteiger partial charge in [-0.25, -0.2) is 0 Å². The molecular weight excluding hydrogens is 148 g/mol. The molecule has 1 aromatic rings. The van der Waals surface area contributed by atoms with Crippen molar-refractivity contribution in [3.63, 3.8) is 0 Å². The number of rotatable bonds is 2. The molecule has 0 aliphatic heterocycles. The molecule has 1 N–H and O–H groups in total. The summed E-state index contributed by atoms with van der Waals surface area (Å²) >= 11 is 5.80. The highest BCUT2D eigenvalue weighted by molar-refractivity contribution is 6.31. The summed E-state index contributed by atoms with van der Waals surface area (Å²) in [5.41, 5.74) is 1.08. The molecule has 0 bridgehead atoms. The second kappa shape index (κ2) is 3.54. The van der Waals surface area contributed by atoms with Gasteiger partial charge in [-0.1, -0.05) is 11.6 Å². The lowest BCUT2D eigenvalue weighted by atomic mass is 10.3. The molecule has 0 aliphatic carbocycles. The van der Waals surface area contributed by atoms with Crippen LogP contribution in [-0.2, 0) is 6.54 Å².